The molecule has 2 aliphatic heterocycles. The first kappa shape index (κ1) is 18.4. The van der Waals surface area contributed by atoms with Crippen LogP contribution in [0.3, 0.4) is 0 Å². The number of hydrogen-bond acceptors (Lipinski definition) is 6. The molecule has 0 spiro atoms. The average Bonchev–Trinajstić information content (AvgIpc) is 2.99. The summed E-state index contributed by atoms with van der Waals surface area (Å²) < 4.78 is 18.8. The molecule has 2 aliphatic rings. The van der Waals surface area contributed by atoms with Gasteiger partial charge in [-0.2, -0.15) is 4.99 Å². The third-order valence-electron chi connectivity index (χ3n) is 3.73. The summed E-state index contributed by atoms with van der Waals surface area (Å²) in [5.74, 6) is -0.720. The smallest absolute Gasteiger partial charge is 0.410 e. The van der Waals surface area contributed by atoms with E-state index in [1.807, 2.05) is 5.01 Å². The first-order valence-corrected chi connectivity index (χ1v) is 9.17. The van der Waals surface area contributed by atoms with Crippen molar-refractivity contribution in [2.24, 2.45) is 4.99 Å². The number of nitrogens with zero attached hydrogens (tertiary/aromatic N) is 2. The maximum atomic E-state index is 13.6. The van der Waals surface area contributed by atoms with Gasteiger partial charge in [0.2, 0.25) is 0 Å². The van der Waals surface area contributed by atoms with Crippen molar-refractivity contribution < 1.29 is 18.7 Å². The number of halogens is 1. The number of thioether (sulfide) groups is 1. The van der Waals surface area contributed by atoms with Gasteiger partial charge in [-0.1, -0.05) is 0 Å². The molecule has 2 heterocycles. The van der Waals surface area contributed by atoms with Gasteiger partial charge in [0.05, 0.1) is 4.91 Å². The van der Waals surface area contributed by atoms with Crippen molar-refractivity contribution in [2.75, 3.05) is 19.6 Å². The number of aliphatic imine (C=N–C) groups is 1. The normalized spacial score (nSPS) is 18.8. The molecule has 1 saturated heterocycles. The second-order valence-electron chi connectivity index (χ2n) is 5.68. The summed E-state index contributed by atoms with van der Waals surface area (Å²) in [7, 11) is 0. The number of rotatable bonds is 3. The summed E-state index contributed by atoms with van der Waals surface area (Å²) in [6.07, 6.45) is 2.95. The molecule has 0 saturated carbocycles. The molecule has 3 rings (SSSR count). The summed E-state index contributed by atoms with van der Waals surface area (Å²) in [5.41, 5.74) is 3.49. The molecule has 7 nitrogen and oxygen atoms in total. The zero-order valence-electron chi connectivity index (χ0n) is 14.3. The van der Waals surface area contributed by atoms with Crippen molar-refractivity contribution in [2.45, 2.75) is 19.8 Å². The number of carbonyl (C=O) groups is 2. The highest BCUT2D eigenvalue weighted by molar-refractivity contribution is 8.18. The molecule has 0 radical (unpaired) electrons. The molecule has 0 unspecified atom stereocenters. The third-order valence-corrected chi connectivity index (χ3v) is 4.74. The molecule has 1 fully saturated rings. The number of hydrazine groups is 1. The predicted molar refractivity (Wildman–Crippen MR) is 98.1 cm³/mol. The lowest BCUT2D eigenvalue weighted by Crippen LogP contribution is -2.45. The van der Waals surface area contributed by atoms with E-state index in [4.69, 9.17) is 4.74 Å². The maximum Gasteiger partial charge on any atom is 0.412 e. The summed E-state index contributed by atoms with van der Waals surface area (Å²) in [5, 5.41) is 4.93. The molecule has 0 aliphatic carbocycles. The van der Waals surface area contributed by atoms with Crippen LogP contribution in [0.5, 0.6) is 5.75 Å². The fraction of sp³-hybridized carbons (Fsp3) is 0.353. The molecule has 0 aromatic heterocycles. The van der Waals surface area contributed by atoms with Crippen LogP contribution < -0.4 is 15.5 Å². The Balaban J connectivity index is 1.80. The van der Waals surface area contributed by atoms with E-state index < -0.39 is 17.8 Å². The molecule has 26 heavy (non-hydrogen) atoms. The van der Waals surface area contributed by atoms with Gasteiger partial charge in [-0.3, -0.25) is 9.80 Å². The Bertz CT molecular complexity index is 775. The second kappa shape index (κ2) is 8.33. The van der Waals surface area contributed by atoms with Gasteiger partial charge in [0.15, 0.2) is 5.17 Å². The van der Waals surface area contributed by atoms with Crippen LogP contribution in [-0.4, -0.2) is 41.8 Å². The highest BCUT2D eigenvalue weighted by Gasteiger charge is 2.27. The Morgan fingerprint density at radius 3 is 3.08 bits per heavy atom. The summed E-state index contributed by atoms with van der Waals surface area (Å²) >= 11 is 1.21. The highest BCUT2D eigenvalue weighted by atomic mass is 32.2. The van der Waals surface area contributed by atoms with E-state index in [-0.39, 0.29) is 5.75 Å². The largest absolute Gasteiger partial charge is 0.412 e. The molecule has 0 atom stereocenters. The van der Waals surface area contributed by atoms with Gasteiger partial charge in [0.25, 0.3) is 5.91 Å². The Hall–Kier alpha value is -2.39. The molecule has 2 amide bonds. The minimum absolute atomic E-state index is 0.169. The van der Waals surface area contributed by atoms with Crippen LogP contribution in [0.4, 0.5) is 9.18 Å². The molecule has 1 aromatic rings. The van der Waals surface area contributed by atoms with Gasteiger partial charge >= 0.3 is 6.09 Å². The van der Waals surface area contributed by atoms with E-state index in [0.29, 0.717) is 22.2 Å². The van der Waals surface area contributed by atoms with Gasteiger partial charge in [-0.05, 0) is 55.8 Å². The average molecular weight is 378 g/mol. The topological polar surface area (TPSA) is 83.0 Å². The van der Waals surface area contributed by atoms with E-state index >= 15 is 0 Å². The summed E-state index contributed by atoms with van der Waals surface area (Å²) in [6.45, 7) is 3.78. The minimum atomic E-state index is -0.640. The molecule has 2 N–H and O–H groups in total. The predicted octanol–water partition coefficient (Wildman–Crippen LogP) is 2.50. The SMILES string of the molecule is CCNC(=O)Oc1ccc(F)cc1/C=C1\SC(N2CCCCN2)=NC1=O. The fourth-order valence-electron chi connectivity index (χ4n) is 2.51. The van der Waals surface area contributed by atoms with Crippen molar-refractivity contribution >= 4 is 35.0 Å². The van der Waals surface area contributed by atoms with Gasteiger partial charge in [-0.25, -0.2) is 14.6 Å². The standard InChI is InChI=1S/C17H19FN4O3S/c1-2-19-17(24)25-13-6-5-12(18)9-11(13)10-14-15(23)21-16(26-14)22-8-4-3-7-20-22/h5-6,9-10,20H,2-4,7-8H2,1H3,(H,19,24)/b14-10-. The quantitative estimate of drug-likeness (QED) is 0.787. The Morgan fingerprint density at radius 1 is 1.50 bits per heavy atom. The van der Waals surface area contributed by atoms with E-state index in [9.17, 15) is 14.0 Å². The lowest BCUT2D eigenvalue weighted by molar-refractivity contribution is -0.113. The zero-order chi connectivity index (χ0) is 18.5. The highest BCUT2D eigenvalue weighted by Crippen LogP contribution is 2.32. The van der Waals surface area contributed by atoms with E-state index in [0.717, 1.165) is 25.9 Å². The second-order valence-corrected chi connectivity index (χ2v) is 6.69. The first-order chi connectivity index (χ1) is 12.6. The van der Waals surface area contributed by atoms with Crippen molar-refractivity contribution in [3.63, 3.8) is 0 Å². The van der Waals surface area contributed by atoms with Crippen molar-refractivity contribution in [1.82, 2.24) is 15.8 Å². The van der Waals surface area contributed by atoms with Gasteiger partial charge < -0.3 is 10.1 Å². The van der Waals surface area contributed by atoms with E-state index in [1.165, 1.54) is 36.0 Å². The van der Waals surface area contributed by atoms with Crippen LogP contribution in [0.25, 0.3) is 6.08 Å². The van der Waals surface area contributed by atoms with Crippen molar-refractivity contribution in [3.8, 4) is 5.75 Å². The lowest BCUT2D eigenvalue weighted by Gasteiger charge is -2.28. The summed E-state index contributed by atoms with van der Waals surface area (Å²) in [6, 6.07) is 3.77. The van der Waals surface area contributed by atoms with E-state index in [2.05, 4.69) is 15.7 Å². The van der Waals surface area contributed by atoms with Crippen LogP contribution in [0.1, 0.15) is 25.3 Å². The maximum absolute atomic E-state index is 13.6. The van der Waals surface area contributed by atoms with Crippen LogP contribution in [-0.2, 0) is 4.79 Å². The molecule has 1 aromatic carbocycles. The fourth-order valence-corrected chi connectivity index (χ4v) is 3.42. The molecule has 0 bridgehead atoms. The number of nitrogens with one attached hydrogen (secondary N) is 2. The van der Waals surface area contributed by atoms with Gasteiger partial charge in [0, 0.05) is 25.2 Å². The van der Waals surface area contributed by atoms with Crippen LogP contribution in [0.2, 0.25) is 0 Å². The summed E-state index contributed by atoms with van der Waals surface area (Å²) in [4.78, 5) is 28.3. The van der Waals surface area contributed by atoms with Crippen LogP contribution >= 0.6 is 11.8 Å². The first-order valence-electron chi connectivity index (χ1n) is 8.35. The lowest BCUT2D eigenvalue weighted by atomic mass is 10.2. The number of benzene rings is 1. The Morgan fingerprint density at radius 2 is 2.35 bits per heavy atom. The van der Waals surface area contributed by atoms with Crippen LogP contribution in [0.15, 0.2) is 28.1 Å². The number of hydrogen-bond donors (Lipinski definition) is 2. The van der Waals surface area contributed by atoms with E-state index in [1.54, 1.807) is 6.92 Å². The van der Waals surface area contributed by atoms with Gasteiger partial charge in [-0.15, -0.1) is 0 Å². The molecular weight excluding hydrogens is 359 g/mol. The Kier molecular flexibility index (Phi) is 5.89. The number of carbonyl (C=O) groups excluding carboxylic acids is 2. The van der Waals surface area contributed by atoms with Crippen LogP contribution in [0, 0.1) is 5.82 Å². The monoisotopic (exact) mass is 378 g/mol. The van der Waals surface area contributed by atoms with Gasteiger partial charge in [0.1, 0.15) is 11.6 Å². The van der Waals surface area contributed by atoms with Crippen molar-refractivity contribution in [3.05, 3.63) is 34.5 Å². The molecule has 138 valence electrons. The number of ether oxygens (including phenoxy) is 1. The number of amidine groups is 1. The third kappa shape index (κ3) is 4.41. The molecule has 9 heteroatoms. The van der Waals surface area contributed by atoms with Crippen molar-refractivity contribution in [1.29, 1.82) is 0 Å². The molecular formula is C17H19FN4O3S. The number of amides is 2. The Labute approximate surface area is 154 Å². The minimum Gasteiger partial charge on any atom is -0.410 e. The zero-order valence-corrected chi connectivity index (χ0v) is 15.1.